The van der Waals surface area contributed by atoms with E-state index in [9.17, 15) is 5.11 Å². The van der Waals surface area contributed by atoms with Gasteiger partial charge in [-0.1, -0.05) is 13.8 Å². The molecule has 0 radical (unpaired) electrons. The zero-order valence-electron chi connectivity index (χ0n) is 12.3. The lowest BCUT2D eigenvalue weighted by molar-refractivity contribution is 0.0345. The van der Waals surface area contributed by atoms with Gasteiger partial charge in [-0.3, -0.25) is 0 Å². The van der Waals surface area contributed by atoms with Crippen LogP contribution in [-0.2, 0) is 9.47 Å². The molecule has 0 rings (SSSR count). The molecule has 1 unspecified atom stereocenters. The molecule has 18 heavy (non-hydrogen) atoms. The second-order valence-corrected chi connectivity index (χ2v) is 5.02. The third-order valence-corrected chi connectivity index (χ3v) is 2.61. The first-order valence-electron chi connectivity index (χ1n) is 7.21. The van der Waals surface area contributed by atoms with Crippen LogP contribution in [0.4, 0.5) is 0 Å². The number of aliphatic hydroxyl groups excluding tert-OH is 1. The largest absolute Gasteiger partial charge is 0.389 e. The van der Waals surface area contributed by atoms with Crippen LogP contribution in [0, 0.1) is 5.92 Å². The molecule has 0 aromatic heterocycles. The van der Waals surface area contributed by atoms with Gasteiger partial charge in [-0.25, -0.2) is 0 Å². The lowest BCUT2D eigenvalue weighted by atomic mass is 10.1. The van der Waals surface area contributed by atoms with Crippen LogP contribution in [0.5, 0.6) is 0 Å². The fourth-order valence-electron chi connectivity index (χ4n) is 1.58. The molecule has 0 fully saturated rings. The zero-order valence-corrected chi connectivity index (χ0v) is 12.3. The SMILES string of the molecule is CCOCCCNCC(O)COCCCC(C)C. The summed E-state index contributed by atoms with van der Waals surface area (Å²) in [6, 6.07) is 0. The van der Waals surface area contributed by atoms with Crippen LogP contribution >= 0.6 is 0 Å². The van der Waals surface area contributed by atoms with Crippen LogP contribution in [0.1, 0.15) is 40.0 Å². The van der Waals surface area contributed by atoms with Crippen molar-refractivity contribution < 1.29 is 14.6 Å². The van der Waals surface area contributed by atoms with Crippen LogP contribution in [0.3, 0.4) is 0 Å². The van der Waals surface area contributed by atoms with Crippen molar-refractivity contribution in [3.63, 3.8) is 0 Å². The van der Waals surface area contributed by atoms with E-state index in [1.807, 2.05) is 6.92 Å². The molecule has 0 saturated carbocycles. The van der Waals surface area contributed by atoms with E-state index in [0.29, 0.717) is 13.2 Å². The van der Waals surface area contributed by atoms with Gasteiger partial charge in [-0.15, -0.1) is 0 Å². The summed E-state index contributed by atoms with van der Waals surface area (Å²) in [7, 11) is 0. The van der Waals surface area contributed by atoms with E-state index in [-0.39, 0.29) is 0 Å². The first kappa shape index (κ1) is 17.8. The van der Waals surface area contributed by atoms with Crippen LogP contribution in [-0.4, -0.2) is 50.7 Å². The van der Waals surface area contributed by atoms with Crippen LogP contribution < -0.4 is 5.32 Å². The topological polar surface area (TPSA) is 50.7 Å². The van der Waals surface area contributed by atoms with Gasteiger partial charge in [0.2, 0.25) is 0 Å². The smallest absolute Gasteiger partial charge is 0.0897 e. The van der Waals surface area contributed by atoms with Crippen molar-refractivity contribution in [1.29, 1.82) is 0 Å². The minimum Gasteiger partial charge on any atom is -0.389 e. The maximum Gasteiger partial charge on any atom is 0.0897 e. The second-order valence-electron chi connectivity index (χ2n) is 5.02. The fourth-order valence-corrected chi connectivity index (χ4v) is 1.58. The third-order valence-electron chi connectivity index (χ3n) is 2.61. The maximum atomic E-state index is 9.64. The van der Waals surface area contributed by atoms with Gasteiger partial charge in [-0.2, -0.15) is 0 Å². The summed E-state index contributed by atoms with van der Waals surface area (Å²) in [5.74, 6) is 0.727. The predicted octanol–water partition coefficient (Wildman–Crippen LogP) is 1.82. The molecule has 110 valence electrons. The van der Waals surface area contributed by atoms with Gasteiger partial charge >= 0.3 is 0 Å². The fraction of sp³-hybridized carbons (Fsp3) is 1.00. The molecular weight excluding hydrogens is 230 g/mol. The van der Waals surface area contributed by atoms with Crippen molar-refractivity contribution in [2.45, 2.75) is 46.1 Å². The summed E-state index contributed by atoms with van der Waals surface area (Å²) in [4.78, 5) is 0. The highest BCUT2D eigenvalue weighted by molar-refractivity contribution is 4.58. The Bertz CT molecular complexity index is 165. The predicted molar refractivity (Wildman–Crippen MR) is 74.9 cm³/mol. The van der Waals surface area contributed by atoms with Crippen molar-refractivity contribution in [3.8, 4) is 0 Å². The molecule has 4 heteroatoms. The summed E-state index contributed by atoms with van der Waals surface area (Å²) in [6.45, 7) is 10.6. The lowest BCUT2D eigenvalue weighted by Crippen LogP contribution is -2.31. The Hall–Kier alpha value is -0.160. The van der Waals surface area contributed by atoms with Crippen LogP contribution in [0.15, 0.2) is 0 Å². The maximum absolute atomic E-state index is 9.64. The molecule has 1 atom stereocenters. The highest BCUT2D eigenvalue weighted by atomic mass is 16.5. The molecule has 0 spiro atoms. The van der Waals surface area contributed by atoms with Crippen molar-refractivity contribution in [1.82, 2.24) is 5.32 Å². The molecule has 0 aliphatic rings. The number of aliphatic hydroxyl groups is 1. The highest BCUT2D eigenvalue weighted by Crippen LogP contribution is 2.03. The van der Waals surface area contributed by atoms with Crippen LogP contribution in [0.2, 0.25) is 0 Å². The van der Waals surface area contributed by atoms with E-state index >= 15 is 0 Å². The third kappa shape index (κ3) is 13.9. The average Bonchev–Trinajstić information content (AvgIpc) is 2.33. The van der Waals surface area contributed by atoms with Gasteiger partial charge in [0.05, 0.1) is 12.7 Å². The van der Waals surface area contributed by atoms with Gasteiger partial charge in [0, 0.05) is 26.4 Å². The Morgan fingerprint density at radius 3 is 2.50 bits per heavy atom. The van der Waals surface area contributed by atoms with Gasteiger partial charge in [-0.05, 0) is 38.6 Å². The Labute approximate surface area is 112 Å². The van der Waals surface area contributed by atoms with Crippen molar-refractivity contribution in [2.75, 3.05) is 39.5 Å². The summed E-state index contributed by atoms with van der Waals surface area (Å²) in [5.41, 5.74) is 0. The van der Waals surface area contributed by atoms with E-state index in [4.69, 9.17) is 9.47 Å². The standard InChI is InChI=1S/C14H31NO3/c1-4-17-10-6-8-15-11-14(16)12-18-9-5-7-13(2)3/h13-16H,4-12H2,1-3H3. The molecule has 0 saturated heterocycles. The van der Waals surface area contributed by atoms with E-state index in [0.717, 1.165) is 45.1 Å². The molecule has 0 aliphatic carbocycles. The van der Waals surface area contributed by atoms with Crippen molar-refractivity contribution >= 4 is 0 Å². The summed E-state index contributed by atoms with van der Waals surface area (Å²) >= 11 is 0. The minimum absolute atomic E-state index is 0.406. The van der Waals surface area contributed by atoms with E-state index in [1.165, 1.54) is 6.42 Å². The number of hydrogen-bond acceptors (Lipinski definition) is 4. The Morgan fingerprint density at radius 1 is 1.11 bits per heavy atom. The van der Waals surface area contributed by atoms with E-state index in [1.54, 1.807) is 0 Å². The summed E-state index contributed by atoms with van der Waals surface area (Å²) < 4.78 is 10.7. The Kier molecular flexibility index (Phi) is 13.2. The average molecular weight is 261 g/mol. The van der Waals surface area contributed by atoms with E-state index < -0.39 is 6.10 Å². The second kappa shape index (κ2) is 13.3. The van der Waals surface area contributed by atoms with Gasteiger partial charge in [0.15, 0.2) is 0 Å². The van der Waals surface area contributed by atoms with E-state index in [2.05, 4.69) is 19.2 Å². The number of hydrogen-bond donors (Lipinski definition) is 2. The number of rotatable bonds is 13. The van der Waals surface area contributed by atoms with Gasteiger partial charge in [0.1, 0.15) is 0 Å². The Balaban J connectivity index is 3.15. The first-order chi connectivity index (χ1) is 8.66. The van der Waals surface area contributed by atoms with Crippen molar-refractivity contribution in [2.24, 2.45) is 5.92 Å². The zero-order chi connectivity index (χ0) is 13.6. The highest BCUT2D eigenvalue weighted by Gasteiger charge is 2.03. The molecule has 2 N–H and O–H groups in total. The monoisotopic (exact) mass is 261 g/mol. The molecule has 0 aromatic carbocycles. The molecule has 0 heterocycles. The van der Waals surface area contributed by atoms with Gasteiger partial charge in [0.25, 0.3) is 0 Å². The number of ether oxygens (including phenoxy) is 2. The Morgan fingerprint density at radius 2 is 1.83 bits per heavy atom. The molecule has 0 bridgehead atoms. The molecule has 0 aromatic rings. The number of nitrogens with one attached hydrogen (secondary N) is 1. The van der Waals surface area contributed by atoms with Crippen molar-refractivity contribution in [3.05, 3.63) is 0 Å². The molecule has 0 aliphatic heterocycles. The van der Waals surface area contributed by atoms with Crippen LogP contribution in [0.25, 0.3) is 0 Å². The first-order valence-corrected chi connectivity index (χ1v) is 7.21. The quantitative estimate of drug-likeness (QED) is 0.497. The molecule has 4 nitrogen and oxygen atoms in total. The summed E-state index contributed by atoms with van der Waals surface area (Å²) in [5, 5.41) is 12.8. The minimum atomic E-state index is -0.406. The normalized spacial score (nSPS) is 13.2. The van der Waals surface area contributed by atoms with Gasteiger partial charge < -0.3 is 19.9 Å². The summed E-state index contributed by atoms with van der Waals surface area (Å²) in [6.07, 6.45) is 2.84. The molecule has 0 amide bonds. The molecular formula is C14H31NO3. The lowest BCUT2D eigenvalue weighted by Gasteiger charge is -2.12.